The summed E-state index contributed by atoms with van der Waals surface area (Å²) in [6.07, 6.45) is 0.957. The molecule has 0 aliphatic carbocycles. The van der Waals surface area contributed by atoms with Gasteiger partial charge in [-0.2, -0.15) is 0 Å². The fourth-order valence-electron chi connectivity index (χ4n) is 1.66. The third-order valence-corrected chi connectivity index (χ3v) is 2.70. The summed E-state index contributed by atoms with van der Waals surface area (Å²) in [4.78, 5) is 11.2. The number of hydrogen-bond acceptors (Lipinski definition) is 4. The highest BCUT2D eigenvalue weighted by Crippen LogP contribution is 2.16. The predicted octanol–water partition coefficient (Wildman–Crippen LogP) is 2.02. The summed E-state index contributed by atoms with van der Waals surface area (Å²) in [5, 5.41) is 0. The van der Waals surface area contributed by atoms with Gasteiger partial charge in [-0.3, -0.25) is 10.2 Å². The number of furan rings is 1. The molecule has 0 aliphatic heterocycles. The third kappa shape index (κ3) is 3.35. The van der Waals surface area contributed by atoms with Crippen molar-refractivity contribution in [2.45, 2.75) is 20.0 Å². The van der Waals surface area contributed by atoms with Crippen molar-refractivity contribution in [1.29, 1.82) is 0 Å². The fraction of sp³-hybridized carbons (Fsp3) is 0.214. The Morgan fingerprint density at radius 2 is 2.21 bits per heavy atom. The van der Waals surface area contributed by atoms with Gasteiger partial charge in [0.15, 0.2) is 5.76 Å². The van der Waals surface area contributed by atoms with E-state index in [4.69, 9.17) is 15.0 Å². The van der Waals surface area contributed by atoms with Crippen LogP contribution in [-0.2, 0) is 13.0 Å². The molecule has 0 radical (unpaired) electrons. The van der Waals surface area contributed by atoms with Crippen molar-refractivity contribution in [2.24, 2.45) is 5.84 Å². The molecular formula is C14H16N2O3. The van der Waals surface area contributed by atoms with E-state index in [1.165, 1.54) is 5.56 Å². The summed E-state index contributed by atoms with van der Waals surface area (Å²) in [5.74, 6) is 6.08. The minimum atomic E-state index is -0.459. The van der Waals surface area contributed by atoms with Gasteiger partial charge in [-0.25, -0.2) is 5.84 Å². The standard InChI is InChI=1S/C14H16N2O3/c1-2-10-4-3-5-11(8-10)18-9-12-6-7-13(19-12)14(17)16-15/h3-8H,2,9,15H2,1H3,(H,16,17). The molecule has 5 heteroatoms. The van der Waals surface area contributed by atoms with E-state index < -0.39 is 5.91 Å². The molecule has 0 aliphatic rings. The number of nitrogens with one attached hydrogen (secondary N) is 1. The number of carbonyl (C=O) groups excluding carboxylic acids is 1. The van der Waals surface area contributed by atoms with E-state index in [9.17, 15) is 4.79 Å². The Labute approximate surface area is 111 Å². The van der Waals surface area contributed by atoms with E-state index in [0.717, 1.165) is 12.2 Å². The van der Waals surface area contributed by atoms with Crippen LogP contribution in [0.5, 0.6) is 5.75 Å². The lowest BCUT2D eigenvalue weighted by molar-refractivity contribution is 0.0922. The van der Waals surface area contributed by atoms with Gasteiger partial charge in [0.05, 0.1) is 0 Å². The summed E-state index contributed by atoms with van der Waals surface area (Å²) in [5.41, 5.74) is 3.22. The minimum Gasteiger partial charge on any atom is -0.486 e. The Morgan fingerprint density at radius 1 is 1.37 bits per heavy atom. The molecule has 0 spiro atoms. The molecule has 2 rings (SSSR count). The van der Waals surface area contributed by atoms with Crippen molar-refractivity contribution >= 4 is 5.91 Å². The van der Waals surface area contributed by atoms with Crippen LogP contribution in [0.15, 0.2) is 40.8 Å². The Bertz CT molecular complexity index is 563. The Balaban J connectivity index is 1.98. The molecule has 1 amide bonds. The van der Waals surface area contributed by atoms with E-state index in [-0.39, 0.29) is 12.4 Å². The lowest BCUT2D eigenvalue weighted by atomic mass is 10.2. The third-order valence-electron chi connectivity index (χ3n) is 2.70. The first-order chi connectivity index (χ1) is 9.22. The van der Waals surface area contributed by atoms with Gasteiger partial charge in [-0.05, 0) is 36.2 Å². The van der Waals surface area contributed by atoms with E-state index in [0.29, 0.717) is 5.76 Å². The van der Waals surface area contributed by atoms with E-state index in [1.54, 1.807) is 12.1 Å². The first-order valence-electron chi connectivity index (χ1n) is 6.04. The molecule has 2 aromatic rings. The summed E-state index contributed by atoms with van der Waals surface area (Å²) in [6, 6.07) is 11.1. The quantitative estimate of drug-likeness (QED) is 0.490. The van der Waals surface area contributed by atoms with Crippen LogP contribution in [0.2, 0.25) is 0 Å². The molecule has 3 N–H and O–H groups in total. The number of aryl methyl sites for hydroxylation is 1. The Morgan fingerprint density at radius 3 is 2.95 bits per heavy atom. The highest BCUT2D eigenvalue weighted by Gasteiger charge is 2.09. The van der Waals surface area contributed by atoms with Crippen LogP contribution in [0.4, 0.5) is 0 Å². The van der Waals surface area contributed by atoms with Crippen LogP contribution in [0.25, 0.3) is 0 Å². The van der Waals surface area contributed by atoms with Crippen LogP contribution in [0, 0.1) is 0 Å². The van der Waals surface area contributed by atoms with Crippen LogP contribution >= 0.6 is 0 Å². The molecule has 1 aromatic carbocycles. The number of nitrogen functional groups attached to an aromatic ring is 1. The molecule has 1 heterocycles. The normalized spacial score (nSPS) is 10.2. The van der Waals surface area contributed by atoms with Crippen molar-refractivity contribution < 1.29 is 13.9 Å². The van der Waals surface area contributed by atoms with Crippen LogP contribution < -0.4 is 16.0 Å². The Kier molecular flexibility index (Phi) is 4.20. The predicted molar refractivity (Wildman–Crippen MR) is 70.5 cm³/mol. The lowest BCUT2D eigenvalue weighted by Crippen LogP contribution is -2.29. The van der Waals surface area contributed by atoms with E-state index in [2.05, 4.69) is 6.92 Å². The zero-order valence-electron chi connectivity index (χ0n) is 10.7. The molecule has 0 saturated carbocycles. The topological polar surface area (TPSA) is 77.5 Å². The molecule has 0 bridgehead atoms. The lowest BCUT2D eigenvalue weighted by Gasteiger charge is -2.05. The molecule has 0 fully saturated rings. The molecule has 0 saturated heterocycles. The highest BCUT2D eigenvalue weighted by molar-refractivity contribution is 5.90. The summed E-state index contributed by atoms with van der Waals surface area (Å²) in [7, 11) is 0. The van der Waals surface area contributed by atoms with Gasteiger partial charge < -0.3 is 9.15 Å². The Hall–Kier alpha value is -2.27. The average molecular weight is 260 g/mol. The second kappa shape index (κ2) is 6.06. The van der Waals surface area contributed by atoms with Gasteiger partial charge in [0, 0.05) is 0 Å². The van der Waals surface area contributed by atoms with Gasteiger partial charge in [-0.15, -0.1) is 0 Å². The molecule has 1 aromatic heterocycles. The maximum atomic E-state index is 11.2. The van der Waals surface area contributed by atoms with Crippen molar-refractivity contribution in [3.05, 3.63) is 53.5 Å². The van der Waals surface area contributed by atoms with Crippen LogP contribution in [-0.4, -0.2) is 5.91 Å². The SMILES string of the molecule is CCc1cccc(OCc2ccc(C(=O)NN)o2)c1. The number of amides is 1. The number of rotatable bonds is 5. The smallest absolute Gasteiger partial charge is 0.300 e. The first-order valence-corrected chi connectivity index (χ1v) is 6.04. The second-order valence-electron chi connectivity index (χ2n) is 4.03. The number of hydrazine groups is 1. The van der Waals surface area contributed by atoms with Gasteiger partial charge >= 0.3 is 5.91 Å². The van der Waals surface area contributed by atoms with Crippen molar-refractivity contribution in [3.63, 3.8) is 0 Å². The number of ether oxygens (including phenoxy) is 1. The monoisotopic (exact) mass is 260 g/mol. The molecule has 0 unspecified atom stereocenters. The van der Waals surface area contributed by atoms with Crippen LogP contribution in [0.3, 0.4) is 0 Å². The summed E-state index contributed by atoms with van der Waals surface area (Å²) in [6.45, 7) is 2.36. The molecule has 100 valence electrons. The molecule has 5 nitrogen and oxygen atoms in total. The average Bonchev–Trinajstić information content (AvgIpc) is 2.93. The first kappa shape index (κ1) is 13.2. The van der Waals surface area contributed by atoms with Gasteiger partial charge in [-0.1, -0.05) is 19.1 Å². The van der Waals surface area contributed by atoms with E-state index >= 15 is 0 Å². The zero-order valence-corrected chi connectivity index (χ0v) is 10.7. The van der Waals surface area contributed by atoms with Crippen molar-refractivity contribution in [1.82, 2.24) is 5.43 Å². The number of carbonyl (C=O) groups is 1. The summed E-state index contributed by atoms with van der Waals surface area (Å²) >= 11 is 0. The van der Waals surface area contributed by atoms with Crippen LogP contribution in [0.1, 0.15) is 28.8 Å². The number of benzene rings is 1. The maximum absolute atomic E-state index is 11.2. The van der Waals surface area contributed by atoms with Crippen molar-refractivity contribution in [2.75, 3.05) is 0 Å². The highest BCUT2D eigenvalue weighted by atomic mass is 16.5. The number of nitrogens with two attached hydrogens (primary N) is 1. The van der Waals surface area contributed by atoms with Gasteiger partial charge in [0.2, 0.25) is 0 Å². The molecule has 19 heavy (non-hydrogen) atoms. The van der Waals surface area contributed by atoms with E-state index in [1.807, 2.05) is 29.7 Å². The number of hydrogen-bond donors (Lipinski definition) is 2. The summed E-state index contributed by atoms with van der Waals surface area (Å²) < 4.78 is 10.9. The van der Waals surface area contributed by atoms with Crippen molar-refractivity contribution in [3.8, 4) is 5.75 Å². The fourth-order valence-corrected chi connectivity index (χ4v) is 1.66. The van der Waals surface area contributed by atoms with Gasteiger partial charge in [0.1, 0.15) is 18.1 Å². The maximum Gasteiger partial charge on any atom is 0.300 e. The minimum absolute atomic E-state index is 0.170. The molecular weight excluding hydrogens is 244 g/mol. The zero-order chi connectivity index (χ0) is 13.7. The van der Waals surface area contributed by atoms with Gasteiger partial charge in [0.25, 0.3) is 0 Å². The molecule has 0 atom stereocenters. The largest absolute Gasteiger partial charge is 0.486 e. The second-order valence-corrected chi connectivity index (χ2v) is 4.03.